The predicted molar refractivity (Wildman–Crippen MR) is 220 cm³/mol. The highest BCUT2D eigenvalue weighted by molar-refractivity contribution is 7.91. The number of aromatic amines is 1. The minimum absolute atomic E-state index is 0.00884. The average Bonchev–Trinajstić information content (AvgIpc) is 3.24. The van der Waals surface area contributed by atoms with Crippen molar-refractivity contribution in [2.75, 3.05) is 50.4 Å². The SMILES string of the molecule is C[C@H](CS(=O)(=O)c1ccc(OCCCCCCN2CCN(C(=O)c3cc(Cc4n[nH]c(=O)c5ccccc45)ccc3F)CC2)cc1)C(=O)Nc1ccc(C#N)c(C(F)(F)F)c1. The van der Waals surface area contributed by atoms with Crippen LogP contribution >= 0.6 is 0 Å². The van der Waals surface area contributed by atoms with E-state index in [1.165, 1.54) is 43.3 Å². The number of ether oxygens (including phenoxy) is 1. The maximum atomic E-state index is 14.9. The molecule has 1 aliphatic rings. The number of nitriles is 1. The van der Waals surface area contributed by atoms with E-state index in [1.807, 2.05) is 12.1 Å². The summed E-state index contributed by atoms with van der Waals surface area (Å²) in [4.78, 5) is 42.2. The number of alkyl halides is 3. The van der Waals surface area contributed by atoms with Crippen LogP contribution < -0.4 is 15.6 Å². The normalized spacial score (nSPS) is 14.1. The number of carbonyl (C=O) groups is 2. The molecular formula is C44H44F4N6O6S. The molecule has 5 aromatic rings. The van der Waals surface area contributed by atoms with E-state index in [-0.39, 0.29) is 27.6 Å². The van der Waals surface area contributed by atoms with Crippen LogP contribution in [0.3, 0.4) is 0 Å². The van der Waals surface area contributed by atoms with Gasteiger partial charge in [0, 0.05) is 49.6 Å². The first-order valence-electron chi connectivity index (χ1n) is 19.8. The van der Waals surface area contributed by atoms with Crippen LogP contribution in [0.4, 0.5) is 23.2 Å². The molecule has 1 aliphatic heterocycles. The Hall–Kier alpha value is -6.12. The topological polar surface area (TPSA) is 166 Å². The van der Waals surface area contributed by atoms with Gasteiger partial charge in [-0.2, -0.15) is 23.5 Å². The molecule has 17 heteroatoms. The molecule has 2 amide bonds. The van der Waals surface area contributed by atoms with Crippen molar-refractivity contribution in [3.05, 3.63) is 129 Å². The smallest absolute Gasteiger partial charge is 0.417 e. The van der Waals surface area contributed by atoms with E-state index < -0.39 is 50.5 Å². The number of halogens is 4. The largest absolute Gasteiger partial charge is 0.494 e. The summed E-state index contributed by atoms with van der Waals surface area (Å²) < 4.78 is 86.7. The third-order valence-electron chi connectivity index (χ3n) is 10.5. The maximum Gasteiger partial charge on any atom is 0.417 e. The number of H-pyrrole nitrogens is 1. The molecule has 320 valence electrons. The number of nitrogens with zero attached hydrogens (tertiary/aromatic N) is 4. The van der Waals surface area contributed by atoms with Crippen LogP contribution in [0.15, 0.2) is 94.6 Å². The van der Waals surface area contributed by atoms with Crippen LogP contribution in [0.1, 0.15) is 65.3 Å². The van der Waals surface area contributed by atoms with Crippen LogP contribution in [0.2, 0.25) is 0 Å². The fourth-order valence-corrected chi connectivity index (χ4v) is 8.69. The molecule has 61 heavy (non-hydrogen) atoms. The summed E-state index contributed by atoms with van der Waals surface area (Å²) >= 11 is 0. The van der Waals surface area contributed by atoms with Crippen molar-refractivity contribution in [2.45, 2.75) is 50.1 Å². The minimum atomic E-state index is -4.81. The molecule has 0 bridgehead atoms. The molecular weight excluding hydrogens is 817 g/mol. The highest BCUT2D eigenvalue weighted by atomic mass is 32.2. The van der Waals surface area contributed by atoms with E-state index in [4.69, 9.17) is 10.00 Å². The highest BCUT2D eigenvalue weighted by Crippen LogP contribution is 2.34. The van der Waals surface area contributed by atoms with E-state index in [0.717, 1.165) is 44.4 Å². The zero-order chi connectivity index (χ0) is 43.7. The van der Waals surface area contributed by atoms with E-state index in [9.17, 15) is 40.4 Å². The Morgan fingerprint density at radius 1 is 0.934 bits per heavy atom. The molecule has 2 N–H and O–H groups in total. The van der Waals surface area contributed by atoms with Gasteiger partial charge in [-0.1, -0.05) is 44.0 Å². The van der Waals surface area contributed by atoms with Gasteiger partial charge < -0.3 is 15.0 Å². The summed E-state index contributed by atoms with van der Waals surface area (Å²) in [5, 5.41) is 19.2. The molecule has 2 heterocycles. The quantitative estimate of drug-likeness (QED) is 0.0786. The van der Waals surface area contributed by atoms with E-state index >= 15 is 0 Å². The molecule has 0 saturated carbocycles. The number of nitrogens with one attached hydrogen (secondary N) is 2. The van der Waals surface area contributed by atoms with Crippen molar-refractivity contribution in [3.63, 3.8) is 0 Å². The van der Waals surface area contributed by atoms with Crippen molar-refractivity contribution in [1.29, 1.82) is 5.26 Å². The van der Waals surface area contributed by atoms with Gasteiger partial charge in [-0.15, -0.1) is 0 Å². The number of hydrogen-bond acceptors (Lipinski definition) is 9. The predicted octanol–water partition coefficient (Wildman–Crippen LogP) is 6.99. The highest BCUT2D eigenvalue weighted by Gasteiger charge is 2.34. The number of piperazine rings is 1. The third kappa shape index (κ3) is 11.4. The molecule has 6 rings (SSSR count). The molecule has 0 radical (unpaired) electrons. The summed E-state index contributed by atoms with van der Waals surface area (Å²) in [6.45, 7) is 4.94. The van der Waals surface area contributed by atoms with Gasteiger partial charge in [0.05, 0.1) is 51.1 Å². The number of anilines is 1. The summed E-state index contributed by atoms with van der Waals surface area (Å²) in [6, 6.07) is 21.6. The second-order valence-corrected chi connectivity index (χ2v) is 17.0. The first-order chi connectivity index (χ1) is 29.1. The summed E-state index contributed by atoms with van der Waals surface area (Å²) in [6.07, 6.45) is -0.907. The molecule has 0 aliphatic carbocycles. The van der Waals surface area contributed by atoms with Gasteiger partial charge >= 0.3 is 6.18 Å². The Morgan fingerprint density at radius 2 is 1.64 bits per heavy atom. The lowest BCUT2D eigenvalue weighted by Gasteiger charge is -2.35. The average molecular weight is 861 g/mol. The van der Waals surface area contributed by atoms with Crippen LogP contribution in [0.5, 0.6) is 5.75 Å². The van der Waals surface area contributed by atoms with Crippen LogP contribution in [-0.4, -0.2) is 85.3 Å². The lowest BCUT2D eigenvalue weighted by atomic mass is 10.0. The van der Waals surface area contributed by atoms with Crippen LogP contribution in [-0.2, 0) is 27.2 Å². The second-order valence-electron chi connectivity index (χ2n) is 14.9. The fraction of sp³-hybridized carbons (Fsp3) is 0.341. The Balaban J connectivity index is 0.875. The van der Waals surface area contributed by atoms with Crippen LogP contribution in [0.25, 0.3) is 10.8 Å². The number of benzene rings is 4. The summed E-state index contributed by atoms with van der Waals surface area (Å²) in [5.41, 5.74) is -0.964. The van der Waals surface area contributed by atoms with Gasteiger partial charge in [0.25, 0.3) is 11.5 Å². The Bertz CT molecular complexity index is 2590. The number of amides is 2. The van der Waals surface area contributed by atoms with Gasteiger partial charge in [0.2, 0.25) is 5.91 Å². The molecule has 1 fully saturated rings. The second kappa shape index (κ2) is 19.5. The first kappa shape index (κ1) is 44.4. The molecule has 0 spiro atoms. The van der Waals surface area contributed by atoms with Crippen molar-refractivity contribution >= 4 is 38.1 Å². The van der Waals surface area contributed by atoms with E-state index in [0.29, 0.717) is 73.1 Å². The zero-order valence-corrected chi connectivity index (χ0v) is 34.1. The first-order valence-corrected chi connectivity index (χ1v) is 21.4. The van der Waals surface area contributed by atoms with Gasteiger partial charge in [0.1, 0.15) is 11.6 Å². The third-order valence-corrected chi connectivity index (χ3v) is 12.4. The lowest BCUT2D eigenvalue weighted by Crippen LogP contribution is -2.49. The standard InChI is InChI=1S/C44H44F4N6O6S/c1-29(41(55)50-32-12-11-31(27-49)38(26-32)44(46,47)48)28-61(58,59)34-15-13-33(14-16-34)60-23-7-3-2-6-18-53-19-21-54(22-20-53)43(57)37-24-30(10-17-39(37)45)25-40-35-8-4-5-9-36(35)42(56)52-51-40/h4-5,8-17,24,26,29H,2-3,6-7,18-23,25,28H2,1H3,(H,50,55)(H,52,56)/t29-/m1/s1. The molecule has 1 aromatic heterocycles. The number of aromatic nitrogens is 2. The van der Waals surface area contributed by atoms with Gasteiger partial charge in [0.15, 0.2) is 9.84 Å². The molecule has 1 saturated heterocycles. The summed E-state index contributed by atoms with van der Waals surface area (Å²) in [7, 11) is -3.93. The number of fused-ring (bicyclic) bond motifs is 1. The Kier molecular flexibility index (Phi) is 14.2. The molecule has 4 aromatic carbocycles. The van der Waals surface area contributed by atoms with Gasteiger partial charge in [-0.05, 0) is 85.6 Å². The molecule has 1 atom stereocenters. The summed E-state index contributed by atoms with van der Waals surface area (Å²) in [5.74, 6) is -2.94. The monoisotopic (exact) mass is 860 g/mol. The van der Waals surface area contributed by atoms with Crippen LogP contribution in [0, 0.1) is 23.1 Å². The fourth-order valence-electron chi connectivity index (χ4n) is 7.14. The van der Waals surface area contributed by atoms with Crippen molar-refractivity contribution < 1.29 is 40.3 Å². The number of sulfone groups is 1. The zero-order valence-electron chi connectivity index (χ0n) is 33.3. The number of unbranched alkanes of at least 4 members (excludes halogenated alkanes) is 3. The maximum absolute atomic E-state index is 14.9. The van der Waals surface area contributed by atoms with Gasteiger partial charge in [-0.3, -0.25) is 19.3 Å². The van der Waals surface area contributed by atoms with E-state index in [1.54, 1.807) is 29.2 Å². The number of rotatable bonds is 16. The Morgan fingerprint density at radius 3 is 2.34 bits per heavy atom. The van der Waals surface area contributed by atoms with Gasteiger partial charge in [-0.25, -0.2) is 17.9 Å². The Labute approximate surface area is 350 Å². The molecule has 0 unspecified atom stereocenters. The van der Waals surface area contributed by atoms with E-state index in [2.05, 4.69) is 20.4 Å². The number of hydrogen-bond donors (Lipinski definition) is 2. The number of carbonyl (C=O) groups excluding carboxylic acids is 2. The van der Waals surface area contributed by atoms with Crippen molar-refractivity contribution in [3.8, 4) is 11.8 Å². The molecule has 12 nitrogen and oxygen atoms in total. The van der Waals surface area contributed by atoms with Crippen molar-refractivity contribution in [2.24, 2.45) is 5.92 Å². The lowest BCUT2D eigenvalue weighted by molar-refractivity contribution is -0.137. The van der Waals surface area contributed by atoms with Crippen molar-refractivity contribution in [1.82, 2.24) is 20.0 Å². The minimum Gasteiger partial charge on any atom is -0.494 e.